The molecule has 2 atom stereocenters. The van der Waals surface area contributed by atoms with Crippen LogP contribution in [-0.4, -0.2) is 60.0 Å². The largest absolute Gasteiger partial charge is 0.418 e. The van der Waals surface area contributed by atoms with Crippen LogP contribution in [0.3, 0.4) is 0 Å². The minimum Gasteiger partial charge on any atom is -0.354 e. The molecule has 2 fully saturated rings. The monoisotopic (exact) mass is 321 g/mol. The summed E-state index contributed by atoms with van der Waals surface area (Å²) < 4.78 is 34.5. The number of nitrogens with one attached hydrogen (secondary N) is 1. The number of nitrogens with zero attached hydrogens (tertiary/aromatic N) is 2. The molecule has 2 N–H and O–H groups in total. The van der Waals surface area contributed by atoms with Gasteiger partial charge in [-0.15, -0.1) is 4.28 Å². The van der Waals surface area contributed by atoms with Crippen molar-refractivity contribution in [1.82, 2.24) is 15.3 Å². The SMILES string of the molecule is CC(C)CNC(=O)[C@@H]1CC[C@@H]2CN1C(=O)N2OS(=O)(=O)O. The zero-order chi connectivity index (χ0) is 15.8. The average Bonchev–Trinajstić information content (AvgIpc) is 2.60. The van der Waals surface area contributed by atoms with Crippen molar-refractivity contribution in [2.75, 3.05) is 13.1 Å². The zero-order valence-corrected chi connectivity index (χ0v) is 12.7. The third kappa shape index (κ3) is 3.63. The summed E-state index contributed by atoms with van der Waals surface area (Å²) in [6.45, 7) is 4.62. The van der Waals surface area contributed by atoms with Crippen molar-refractivity contribution in [1.29, 1.82) is 0 Å². The highest BCUT2D eigenvalue weighted by atomic mass is 32.3. The van der Waals surface area contributed by atoms with Gasteiger partial charge in [0.15, 0.2) is 0 Å². The third-order valence-corrected chi connectivity index (χ3v) is 3.83. The van der Waals surface area contributed by atoms with Crippen LogP contribution in [0.4, 0.5) is 4.79 Å². The summed E-state index contributed by atoms with van der Waals surface area (Å²) in [5, 5.41) is 3.39. The normalized spacial score (nSPS) is 25.6. The minimum absolute atomic E-state index is 0.202. The second-order valence-corrected chi connectivity index (χ2v) is 6.65. The molecule has 120 valence electrons. The fourth-order valence-electron chi connectivity index (χ4n) is 2.53. The smallest absolute Gasteiger partial charge is 0.354 e. The van der Waals surface area contributed by atoms with Crippen LogP contribution in [0.25, 0.3) is 0 Å². The Hall–Kier alpha value is -1.39. The summed E-state index contributed by atoms with van der Waals surface area (Å²) in [6.07, 6.45) is 0.850. The number of fused-ring (bicyclic) bond motifs is 2. The highest BCUT2D eigenvalue weighted by molar-refractivity contribution is 7.80. The Morgan fingerprint density at radius 1 is 1.48 bits per heavy atom. The van der Waals surface area contributed by atoms with E-state index in [2.05, 4.69) is 9.60 Å². The molecule has 9 nitrogen and oxygen atoms in total. The summed E-state index contributed by atoms with van der Waals surface area (Å²) in [6, 6.07) is -1.84. The first-order chi connectivity index (χ1) is 9.69. The quantitative estimate of drug-likeness (QED) is 0.675. The number of carbonyl (C=O) groups is 2. The predicted octanol–water partition coefficient (Wildman–Crippen LogP) is -0.238. The molecule has 3 amide bonds. The standard InChI is InChI=1S/C11H19N3O6S/c1-7(2)5-12-10(15)9-4-3-8-6-13(9)11(16)14(8)20-21(17,18)19/h7-9H,3-6H2,1-2H3,(H,12,15)(H,17,18,19)/t8-,9+/m1/s1. The van der Waals surface area contributed by atoms with Gasteiger partial charge >= 0.3 is 16.4 Å². The van der Waals surface area contributed by atoms with Gasteiger partial charge in [0.1, 0.15) is 6.04 Å². The highest BCUT2D eigenvalue weighted by Gasteiger charge is 2.49. The van der Waals surface area contributed by atoms with Crippen LogP contribution in [-0.2, 0) is 19.5 Å². The second-order valence-electron chi connectivity index (χ2n) is 5.65. The lowest BCUT2D eigenvalue weighted by molar-refractivity contribution is -0.126. The van der Waals surface area contributed by atoms with Crippen LogP contribution in [0, 0.1) is 5.92 Å². The number of hydrogen-bond donors (Lipinski definition) is 2. The zero-order valence-electron chi connectivity index (χ0n) is 11.9. The van der Waals surface area contributed by atoms with Gasteiger partial charge in [0.25, 0.3) is 0 Å². The Morgan fingerprint density at radius 3 is 2.71 bits per heavy atom. The number of hydroxylamine groups is 2. The summed E-state index contributed by atoms with van der Waals surface area (Å²) >= 11 is 0. The summed E-state index contributed by atoms with van der Waals surface area (Å²) in [7, 11) is -4.76. The van der Waals surface area contributed by atoms with E-state index in [4.69, 9.17) is 4.55 Å². The highest BCUT2D eigenvalue weighted by Crippen LogP contribution is 2.30. The lowest BCUT2D eigenvalue weighted by atomic mass is 10.00. The number of urea groups is 1. The van der Waals surface area contributed by atoms with E-state index in [1.807, 2.05) is 13.8 Å². The number of piperidine rings is 1. The molecule has 0 unspecified atom stereocenters. The fourth-order valence-corrected chi connectivity index (χ4v) is 2.92. The van der Waals surface area contributed by atoms with Gasteiger partial charge in [-0.2, -0.15) is 13.5 Å². The summed E-state index contributed by atoms with van der Waals surface area (Å²) in [5.74, 6) is 0.0307. The average molecular weight is 321 g/mol. The van der Waals surface area contributed by atoms with Crippen molar-refractivity contribution in [3.05, 3.63) is 0 Å². The van der Waals surface area contributed by atoms with E-state index in [1.165, 1.54) is 4.90 Å². The van der Waals surface area contributed by atoms with Gasteiger partial charge in [-0.1, -0.05) is 13.8 Å². The van der Waals surface area contributed by atoms with Crippen LogP contribution in [0.5, 0.6) is 0 Å². The van der Waals surface area contributed by atoms with Gasteiger partial charge in [-0.25, -0.2) is 4.79 Å². The Labute approximate surface area is 123 Å². The number of rotatable bonds is 5. The second kappa shape index (κ2) is 5.78. The Morgan fingerprint density at radius 2 is 2.14 bits per heavy atom. The molecule has 0 radical (unpaired) electrons. The van der Waals surface area contributed by atoms with E-state index in [9.17, 15) is 18.0 Å². The van der Waals surface area contributed by atoms with Gasteiger partial charge < -0.3 is 10.2 Å². The molecule has 2 saturated heterocycles. The molecule has 0 aromatic rings. The molecular formula is C11H19N3O6S. The van der Waals surface area contributed by atoms with Crippen molar-refractivity contribution >= 4 is 22.3 Å². The van der Waals surface area contributed by atoms with Gasteiger partial charge in [0.2, 0.25) is 5.91 Å². The van der Waals surface area contributed by atoms with E-state index < -0.39 is 28.5 Å². The lowest BCUT2D eigenvalue weighted by Gasteiger charge is -2.29. The summed E-state index contributed by atoms with van der Waals surface area (Å²) in [5.41, 5.74) is 0. The van der Waals surface area contributed by atoms with Gasteiger partial charge in [-0.05, 0) is 18.8 Å². The Balaban J connectivity index is 2.05. The molecule has 10 heteroatoms. The third-order valence-electron chi connectivity index (χ3n) is 3.48. The molecule has 0 aliphatic carbocycles. The van der Waals surface area contributed by atoms with E-state index in [0.29, 0.717) is 30.4 Å². The molecular weight excluding hydrogens is 302 g/mol. The first-order valence-electron chi connectivity index (χ1n) is 6.73. The first-order valence-corrected chi connectivity index (χ1v) is 8.10. The maximum absolute atomic E-state index is 12.1. The van der Waals surface area contributed by atoms with E-state index >= 15 is 0 Å². The van der Waals surface area contributed by atoms with Crippen molar-refractivity contribution in [2.24, 2.45) is 5.92 Å². The molecule has 0 aromatic carbocycles. The number of hydrogen-bond acceptors (Lipinski definition) is 5. The maximum Gasteiger partial charge on any atom is 0.418 e. The minimum atomic E-state index is -4.76. The van der Waals surface area contributed by atoms with E-state index in [1.54, 1.807) is 0 Å². The van der Waals surface area contributed by atoms with Crippen molar-refractivity contribution < 1.29 is 26.8 Å². The van der Waals surface area contributed by atoms with Gasteiger partial charge in [0.05, 0.1) is 6.04 Å². The molecule has 2 rings (SSSR count). The van der Waals surface area contributed by atoms with Crippen molar-refractivity contribution in [3.63, 3.8) is 0 Å². The first kappa shape index (κ1) is 16.0. The van der Waals surface area contributed by atoms with E-state index in [0.717, 1.165) is 0 Å². The molecule has 0 spiro atoms. The molecule has 21 heavy (non-hydrogen) atoms. The molecule has 0 aromatic heterocycles. The Bertz CT molecular complexity index is 534. The van der Waals surface area contributed by atoms with Crippen LogP contribution < -0.4 is 5.32 Å². The Kier molecular flexibility index (Phi) is 4.40. The van der Waals surface area contributed by atoms with Crippen LogP contribution >= 0.6 is 0 Å². The number of carbonyl (C=O) groups excluding carboxylic acids is 2. The summed E-state index contributed by atoms with van der Waals surface area (Å²) in [4.78, 5) is 25.5. The molecule has 0 saturated carbocycles. The van der Waals surface area contributed by atoms with Gasteiger partial charge in [-0.3, -0.25) is 9.35 Å². The molecule has 2 aliphatic rings. The molecule has 2 bridgehead atoms. The topological polar surface area (TPSA) is 116 Å². The lowest BCUT2D eigenvalue weighted by Crippen LogP contribution is -2.50. The van der Waals surface area contributed by atoms with Gasteiger partial charge in [0, 0.05) is 13.1 Å². The predicted molar refractivity (Wildman–Crippen MR) is 71.2 cm³/mol. The van der Waals surface area contributed by atoms with Crippen LogP contribution in [0.2, 0.25) is 0 Å². The van der Waals surface area contributed by atoms with Crippen LogP contribution in [0.1, 0.15) is 26.7 Å². The van der Waals surface area contributed by atoms with E-state index in [-0.39, 0.29) is 12.5 Å². The molecule has 2 aliphatic heterocycles. The maximum atomic E-state index is 12.1. The number of amides is 3. The van der Waals surface area contributed by atoms with Crippen molar-refractivity contribution in [2.45, 2.75) is 38.8 Å². The van der Waals surface area contributed by atoms with Crippen LogP contribution in [0.15, 0.2) is 0 Å². The van der Waals surface area contributed by atoms with Crippen molar-refractivity contribution in [3.8, 4) is 0 Å². The molecule has 2 heterocycles. The fraction of sp³-hybridized carbons (Fsp3) is 0.818.